The molecule has 2 heterocycles. The molecule has 0 bridgehead atoms. The third kappa shape index (κ3) is 2.01. The summed E-state index contributed by atoms with van der Waals surface area (Å²) in [6, 6.07) is 8.06. The Bertz CT molecular complexity index is 552. The van der Waals surface area contributed by atoms with Gasteiger partial charge in [0.25, 0.3) is 0 Å². The highest BCUT2D eigenvalue weighted by Gasteiger charge is 2.22. The molecule has 1 aromatic heterocycles. The largest absolute Gasteiger partial charge is 0.482 e. The Balaban J connectivity index is 1.90. The topological polar surface area (TPSA) is 21.3 Å². The van der Waals surface area contributed by atoms with Crippen LogP contribution in [0.15, 0.2) is 29.6 Å². The molecule has 1 N–H and O–H groups in total. The van der Waals surface area contributed by atoms with Crippen molar-refractivity contribution in [3.05, 3.63) is 45.1 Å². The molecule has 0 amide bonds. The van der Waals surface area contributed by atoms with Gasteiger partial charge in [-0.2, -0.15) is 0 Å². The minimum absolute atomic E-state index is 0.0491. The van der Waals surface area contributed by atoms with Crippen LogP contribution in [0.2, 0.25) is 4.34 Å². The molecular formula is C13H12ClNOS. The van der Waals surface area contributed by atoms with Gasteiger partial charge in [0.15, 0.2) is 0 Å². The van der Waals surface area contributed by atoms with E-state index in [2.05, 4.69) is 23.7 Å². The third-order valence-electron chi connectivity index (χ3n) is 2.93. The molecule has 0 saturated carbocycles. The summed E-state index contributed by atoms with van der Waals surface area (Å²) in [6.07, 6.45) is 0.0491. The molecule has 1 aliphatic rings. The van der Waals surface area contributed by atoms with E-state index in [4.69, 9.17) is 16.3 Å². The Labute approximate surface area is 109 Å². The standard InChI is InChI=1S/C13H12ClNOS/c1-8-3-2-4-10-13(8)15-6-11(16-10)9-5-12(14)17-7-9/h2-5,7,11,15H,6H2,1H3. The maximum atomic E-state index is 6.00. The number of benzene rings is 1. The summed E-state index contributed by atoms with van der Waals surface area (Å²) >= 11 is 7.49. The number of hydrogen-bond acceptors (Lipinski definition) is 3. The SMILES string of the molecule is Cc1cccc2c1NCC(c1csc(Cl)c1)O2. The van der Waals surface area contributed by atoms with Crippen LogP contribution < -0.4 is 10.1 Å². The van der Waals surface area contributed by atoms with Crippen LogP contribution >= 0.6 is 22.9 Å². The molecule has 0 aliphatic carbocycles. The van der Waals surface area contributed by atoms with E-state index in [1.165, 1.54) is 5.56 Å². The first kappa shape index (κ1) is 10.9. The molecule has 0 fully saturated rings. The number of hydrogen-bond donors (Lipinski definition) is 1. The van der Waals surface area contributed by atoms with Crippen molar-refractivity contribution in [1.29, 1.82) is 0 Å². The normalized spacial score (nSPS) is 18.1. The van der Waals surface area contributed by atoms with Gasteiger partial charge in [-0.25, -0.2) is 0 Å². The number of fused-ring (bicyclic) bond motifs is 1. The van der Waals surface area contributed by atoms with Gasteiger partial charge in [0.1, 0.15) is 11.9 Å². The molecule has 2 nitrogen and oxygen atoms in total. The highest BCUT2D eigenvalue weighted by atomic mass is 35.5. The van der Waals surface area contributed by atoms with Gasteiger partial charge in [-0.1, -0.05) is 23.7 Å². The van der Waals surface area contributed by atoms with E-state index in [1.54, 1.807) is 11.3 Å². The summed E-state index contributed by atoms with van der Waals surface area (Å²) in [5.41, 5.74) is 3.45. The number of ether oxygens (including phenoxy) is 1. The lowest BCUT2D eigenvalue weighted by atomic mass is 10.1. The van der Waals surface area contributed by atoms with Crippen molar-refractivity contribution in [2.45, 2.75) is 13.0 Å². The van der Waals surface area contributed by atoms with E-state index in [0.29, 0.717) is 0 Å². The van der Waals surface area contributed by atoms with Gasteiger partial charge < -0.3 is 10.1 Å². The monoisotopic (exact) mass is 265 g/mol. The first-order valence-electron chi connectivity index (χ1n) is 5.48. The van der Waals surface area contributed by atoms with Crippen molar-refractivity contribution in [2.75, 3.05) is 11.9 Å². The van der Waals surface area contributed by atoms with Crippen molar-refractivity contribution in [2.24, 2.45) is 0 Å². The maximum Gasteiger partial charge on any atom is 0.143 e. The second-order valence-electron chi connectivity index (χ2n) is 4.12. The van der Waals surface area contributed by atoms with Crippen molar-refractivity contribution in [1.82, 2.24) is 0 Å². The molecular weight excluding hydrogens is 254 g/mol. The summed E-state index contributed by atoms with van der Waals surface area (Å²) in [7, 11) is 0. The number of para-hydroxylation sites is 1. The predicted octanol–water partition coefficient (Wildman–Crippen LogP) is 4.26. The van der Waals surface area contributed by atoms with Crippen LogP contribution in [0.4, 0.5) is 5.69 Å². The van der Waals surface area contributed by atoms with Gasteiger partial charge in [0.2, 0.25) is 0 Å². The number of thiophene rings is 1. The Kier molecular flexibility index (Phi) is 2.73. The molecule has 2 aromatic rings. The lowest BCUT2D eigenvalue weighted by Gasteiger charge is -2.28. The fourth-order valence-electron chi connectivity index (χ4n) is 2.03. The number of halogens is 1. The fourth-order valence-corrected chi connectivity index (χ4v) is 2.97. The zero-order chi connectivity index (χ0) is 11.8. The number of nitrogens with one attached hydrogen (secondary N) is 1. The molecule has 0 spiro atoms. The van der Waals surface area contributed by atoms with Gasteiger partial charge in [0.05, 0.1) is 16.6 Å². The zero-order valence-electron chi connectivity index (χ0n) is 9.37. The van der Waals surface area contributed by atoms with Crippen LogP contribution in [-0.2, 0) is 0 Å². The highest BCUT2D eigenvalue weighted by molar-refractivity contribution is 7.14. The second kappa shape index (κ2) is 4.24. The first-order chi connectivity index (χ1) is 8.24. The Hall–Kier alpha value is -1.19. The smallest absolute Gasteiger partial charge is 0.143 e. The van der Waals surface area contributed by atoms with Crippen LogP contribution in [0.5, 0.6) is 5.75 Å². The van der Waals surface area contributed by atoms with Gasteiger partial charge in [-0.3, -0.25) is 0 Å². The van der Waals surface area contributed by atoms with Crippen molar-refractivity contribution in [3.8, 4) is 5.75 Å². The minimum atomic E-state index is 0.0491. The lowest BCUT2D eigenvalue weighted by molar-refractivity contribution is 0.211. The minimum Gasteiger partial charge on any atom is -0.482 e. The van der Waals surface area contributed by atoms with Gasteiger partial charge >= 0.3 is 0 Å². The molecule has 0 saturated heterocycles. The highest BCUT2D eigenvalue weighted by Crippen LogP contribution is 2.37. The van der Waals surface area contributed by atoms with Crippen LogP contribution in [0, 0.1) is 6.92 Å². The van der Waals surface area contributed by atoms with Gasteiger partial charge in [-0.15, -0.1) is 11.3 Å². The van der Waals surface area contributed by atoms with E-state index in [9.17, 15) is 0 Å². The van der Waals surface area contributed by atoms with Crippen LogP contribution in [0.1, 0.15) is 17.2 Å². The molecule has 0 radical (unpaired) electrons. The van der Waals surface area contributed by atoms with Gasteiger partial charge in [-0.05, 0) is 30.0 Å². The summed E-state index contributed by atoms with van der Waals surface area (Å²) in [6.45, 7) is 2.86. The van der Waals surface area contributed by atoms with E-state index in [0.717, 1.165) is 27.9 Å². The molecule has 88 valence electrons. The Morgan fingerprint density at radius 3 is 3.12 bits per heavy atom. The Morgan fingerprint density at radius 1 is 1.47 bits per heavy atom. The molecule has 3 rings (SSSR count). The van der Waals surface area contributed by atoms with Crippen molar-refractivity contribution >= 4 is 28.6 Å². The summed E-state index contributed by atoms with van der Waals surface area (Å²) in [5, 5.41) is 5.48. The maximum absolute atomic E-state index is 6.00. The van der Waals surface area contributed by atoms with E-state index in [-0.39, 0.29) is 6.10 Å². The third-order valence-corrected chi connectivity index (χ3v) is 4.04. The fraction of sp³-hybridized carbons (Fsp3) is 0.231. The van der Waals surface area contributed by atoms with Crippen molar-refractivity contribution in [3.63, 3.8) is 0 Å². The molecule has 1 aromatic carbocycles. The lowest BCUT2D eigenvalue weighted by Crippen LogP contribution is -2.23. The molecule has 4 heteroatoms. The first-order valence-corrected chi connectivity index (χ1v) is 6.74. The van der Waals surface area contributed by atoms with Crippen LogP contribution in [0.25, 0.3) is 0 Å². The van der Waals surface area contributed by atoms with Crippen LogP contribution in [-0.4, -0.2) is 6.54 Å². The summed E-state index contributed by atoms with van der Waals surface area (Å²) < 4.78 is 6.80. The molecule has 17 heavy (non-hydrogen) atoms. The Morgan fingerprint density at radius 2 is 2.35 bits per heavy atom. The number of rotatable bonds is 1. The van der Waals surface area contributed by atoms with E-state index in [1.807, 2.05) is 18.2 Å². The van der Waals surface area contributed by atoms with Crippen LogP contribution in [0.3, 0.4) is 0 Å². The molecule has 1 atom stereocenters. The summed E-state index contributed by atoms with van der Waals surface area (Å²) in [5.74, 6) is 0.920. The second-order valence-corrected chi connectivity index (χ2v) is 5.66. The zero-order valence-corrected chi connectivity index (χ0v) is 10.9. The number of aryl methyl sites for hydroxylation is 1. The average molecular weight is 266 g/mol. The average Bonchev–Trinajstić information content (AvgIpc) is 2.76. The predicted molar refractivity (Wildman–Crippen MR) is 72.4 cm³/mol. The van der Waals surface area contributed by atoms with E-state index < -0.39 is 0 Å². The quantitative estimate of drug-likeness (QED) is 0.832. The molecule has 1 unspecified atom stereocenters. The van der Waals surface area contributed by atoms with E-state index >= 15 is 0 Å². The molecule has 1 aliphatic heterocycles. The summed E-state index contributed by atoms with van der Waals surface area (Å²) in [4.78, 5) is 0. The number of anilines is 1. The van der Waals surface area contributed by atoms with Crippen molar-refractivity contribution < 1.29 is 4.74 Å². The van der Waals surface area contributed by atoms with Gasteiger partial charge in [0, 0.05) is 5.56 Å².